The van der Waals surface area contributed by atoms with E-state index in [4.69, 9.17) is 11.5 Å². The Kier molecular flexibility index (Phi) is 5.18. The first-order chi connectivity index (χ1) is 14.9. The van der Waals surface area contributed by atoms with Gasteiger partial charge in [-0.15, -0.1) is 0 Å². The average Bonchev–Trinajstić information content (AvgIpc) is 3.03. The van der Waals surface area contributed by atoms with Crippen LogP contribution in [0, 0.1) is 23.2 Å². The standard InChI is InChI=1S/C27H34N2O2/c1-27-10-9-22-21-7-5-17(15-28)13-18(21)6-8-23(22)24(27)14-20(25(27)30)12-16-3-2-4-19(11-16)26(29)31/h2-5,7,11,13,20,22-25,30H,6,8-10,12,14-15,28H2,1H3,(H2,29,31). The molecule has 31 heavy (non-hydrogen) atoms. The molecule has 2 fully saturated rings. The third-order valence-electron chi connectivity index (χ3n) is 8.85. The number of hydrogen-bond acceptors (Lipinski definition) is 3. The Balaban J connectivity index is 1.39. The SMILES string of the molecule is CC12CCC3c4ccc(CN)cc4CCC3C1CC(Cc1cccc(C(N)=O)c1)C2O. The fourth-order valence-corrected chi connectivity index (χ4v) is 7.26. The number of primary amides is 1. The summed E-state index contributed by atoms with van der Waals surface area (Å²) >= 11 is 0. The zero-order valence-corrected chi connectivity index (χ0v) is 18.4. The van der Waals surface area contributed by atoms with Gasteiger partial charge in [0.2, 0.25) is 5.91 Å². The summed E-state index contributed by atoms with van der Waals surface area (Å²) < 4.78 is 0. The number of carbonyl (C=O) groups excluding carboxylic acids is 1. The maximum atomic E-state index is 11.6. The highest BCUT2D eigenvalue weighted by molar-refractivity contribution is 5.92. The van der Waals surface area contributed by atoms with Crippen LogP contribution in [-0.2, 0) is 19.4 Å². The van der Waals surface area contributed by atoms with Crippen molar-refractivity contribution in [2.24, 2.45) is 34.6 Å². The zero-order valence-electron chi connectivity index (χ0n) is 18.4. The van der Waals surface area contributed by atoms with Crippen molar-refractivity contribution in [3.05, 3.63) is 70.3 Å². The van der Waals surface area contributed by atoms with Gasteiger partial charge in [-0.25, -0.2) is 0 Å². The molecule has 164 valence electrons. The summed E-state index contributed by atoms with van der Waals surface area (Å²) in [5, 5.41) is 11.4. The number of amides is 1. The van der Waals surface area contributed by atoms with Gasteiger partial charge in [0, 0.05) is 12.1 Å². The first-order valence-corrected chi connectivity index (χ1v) is 11.8. The second-order valence-corrected chi connectivity index (χ2v) is 10.4. The maximum Gasteiger partial charge on any atom is 0.248 e. The second kappa shape index (κ2) is 7.75. The van der Waals surface area contributed by atoms with E-state index in [0.717, 1.165) is 37.7 Å². The van der Waals surface area contributed by atoms with E-state index in [1.165, 1.54) is 23.1 Å². The van der Waals surface area contributed by atoms with Crippen LogP contribution >= 0.6 is 0 Å². The molecule has 0 aliphatic heterocycles. The van der Waals surface area contributed by atoms with Gasteiger partial charge in [-0.3, -0.25) is 4.79 Å². The Morgan fingerprint density at radius 1 is 1.16 bits per heavy atom. The Hall–Kier alpha value is -2.17. The van der Waals surface area contributed by atoms with Gasteiger partial charge in [-0.1, -0.05) is 37.3 Å². The summed E-state index contributed by atoms with van der Waals surface area (Å²) in [7, 11) is 0. The predicted octanol–water partition coefficient (Wildman–Crippen LogP) is 3.93. The van der Waals surface area contributed by atoms with E-state index in [1.54, 1.807) is 6.07 Å². The number of rotatable bonds is 4. The fraction of sp³-hybridized carbons (Fsp3) is 0.519. The Bertz CT molecular complexity index is 1000. The van der Waals surface area contributed by atoms with Gasteiger partial charge < -0.3 is 16.6 Å². The van der Waals surface area contributed by atoms with Gasteiger partial charge in [-0.2, -0.15) is 0 Å². The average molecular weight is 419 g/mol. The molecule has 3 aliphatic rings. The van der Waals surface area contributed by atoms with E-state index in [0.29, 0.717) is 29.9 Å². The molecule has 2 saturated carbocycles. The van der Waals surface area contributed by atoms with Crippen LogP contribution in [0.4, 0.5) is 0 Å². The van der Waals surface area contributed by atoms with Crippen LogP contribution in [0.5, 0.6) is 0 Å². The molecule has 5 N–H and O–H groups in total. The Labute approximate surface area is 185 Å². The summed E-state index contributed by atoms with van der Waals surface area (Å²) in [6, 6.07) is 14.5. The topological polar surface area (TPSA) is 89.3 Å². The number of aryl methyl sites for hydroxylation is 1. The number of aliphatic hydroxyl groups excluding tert-OH is 1. The van der Waals surface area contributed by atoms with Gasteiger partial charge in [-0.05, 0) is 102 Å². The van der Waals surface area contributed by atoms with Gasteiger partial charge in [0.15, 0.2) is 0 Å². The third-order valence-corrected chi connectivity index (χ3v) is 8.85. The minimum absolute atomic E-state index is 0.0121. The molecule has 0 bridgehead atoms. The largest absolute Gasteiger partial charge is 0.392 e. The molecule has 4 nitrogen and oxygen atoms in total. The van der Waals surface area contributed by atoms with Gasteiger partial charge in [0.25, 0.3) is 0 Å². The normalized spacial score (nSPS) is 34.0. The Morgan fingerprint density at radius 3 is 2.77 bits per heavy atom. The summed E-state index contributed by atoms with van der Waals surface area (Å²) in [6.45, 7) is 2.93. The van der Waals surface area contributed by atoms with Gasteiger partial charge >= 0.3 is 0 Å². The lowest BCUT2D eigenvalue weighted by Crippen LogP contribution is -2.44. The van der Waals surface area contributed by atoms with Crippen LogP contribution in [0.3, 0.4) is 0 Å². The number of carbonyl (C=O) groups is 1. The van der Waals surface area contributed by atoms with Crippen LogP contribution in [0.25, 0.3) is 0 Å². The lowest BCUT2D eigenvalue weighted by atomic mass is 9.55. The summed E-state index contributed by atoms with van der Waals surface area (Å²) in [4.78, 5) is 11.6. The van der Waals surface area contributed by atoms with Crippen molar-refractivity contribution >= 4 is 5.91 Å². The first kappa shape index (κ1) is 20.7. The number of hydrogen-bond donors (Lipinski definition) is 3. The quantitative estimate of drug-likeness (QED) is 0.703. The molecular weight excluding hydrogens is 384 g/mol. The lowest BCUT2D eigenvalue weighted by Gasteiger charge is -2.50. The number of aliphatic hydroxyl groups is 1. The van der Waals surface area contributed by atoms with Crippen molar-refractivity contribution in [1.29, 1.82) is 0 Å². The zero-order chi connectivity index (χ0) is 21.8. The molecule has 2 aromatic rings. The fourth-order valence-electron chi connectivity index (χ4n) is 7.26. The molecule has 0 heterocycles. The monoisotopic (exact) mass is 418 g/mol. The Morgan fingerprint density at radius 2 is 2.00 bits per heavy atom. The van der Waals surface area contributed by atoms with Crippen LogP contribution in [0.2, 0.25) is 0 Å². The molecule has 0 spiro atoms. The molecule has 1 amide bonds. The summed E-state index contributed by atoms with van der Waals surface area (Å²) in [6.07, 6.45) is 6.15. The van der Waals surface area contributed by atoms with E-state index in [-0.39, 0.29) is 17.4 Å². The van der Waals surface area contributed by atoms with Crippen molar-refractivity contribution in [2.45, 2.75) is 64.0 Å². The van der Waals surface area contributed by atoms with Crippen molar-refractivity contribution in [1.82, 2.24) is 0 Å². The molecule has 4 heteroatoms. The number of nitrogens with two attached hydrogens (primary N) is 2. The molecule has 6 atom stereocenters. The molecule has 0 radical (unpaired) electrons. The van der Waals surface area contributed by atoms with Crippen molar-refractivity contribution in [2.75, 3.05) is 0 Å². The van der Waals surface area contributed by atoms with Crippen LogP contribution in [0.1, 0.15) is 71.1 Å². The van der Waals surface area contributed by atoms with E-state index in [1.807, 2.05) is 12.1 Å². The predicted molar refractivity (Wildman–Crippen MR) is 122 cm³/mol. The molecule has 0 aromatic heterocycles. The minimum Gasteiger partial charge on any atom is -0.392 e. The molecule has 2 aromatic carbocycles. The molecule has 0 saturated heterocycles. The van der Waals surface area contributed by atoms with Crippen molar-refractivity contribution < 1.29 is 9.90 Å². The minimum atomic E-state index is -0.393. The smallest absolute Gasteiger partial charge is 0.248 e. The first-order valence-electron chi connectivity index (χ1n) is 11.8. The van der Waals surface area contributed by atoms with E-state index in [9.17, 15) is 9.90 Å². The van der Waals surface area contributed by atoms with Crippen LogP contribution < -0.4 is 11.5 Å². The molecular formula is C27H34N2O2. The molecule has 3 aliphatic carbocycles. The number of fused-ring (bicyclic) bond motifs is 5. The van der Waals surface area contributed by atoms with Crippen molar-refractivity contribution in [3.8, 4) is 0 Å². The molecule has 6 unspecified atom stereocenters. The number of benzene rings is 2. The second-order valence-electron chi connectivity index (χ2n) is 10.4. The van der Waals surface area contributed by atoms with Crippen molar-refractivity contribution in [3.63, 3.8) is 0 Å². The van der Waals surface area contributed by atoms with Gasteiger partial charge in [0.1, 0.15) is 0 Å². The van der Waals surface area contributed by atoms with Gasteiger partial charge in [0.05, 0.1) is 6.10 Å². The molecule has 5 rings (SSSR count). The third kappa shape index (κ3) is 3.41. The van der Waals surface area contributed by atoms with E-state index >= 15 is 0 Å². The highest BCUT2D eigenvalue weighted by Gasteiger charge is 2.57. The van der Waals surface area contributed by atoms with E-state index in [2.05, 4.69) is 31.2 Å². The van der Waals surface area contributed by atoms with Crippen LogP contribution in [0.15, 0.2) is 42.5 Å². The van der Waals surface area contributed by atoms with E-state index < -0.39 is 5.91 Å². The highest BCUT2D eigenvalue weighted by atomic mass is 16.3. The van der Waals surface area contributed by atoms with Crippen LogP contribution in [-0.4, -0.2) is 17.1 Å². The lowest BCUT2D eigenvalue weighted by molar-refractivity contribution is -0.0325. The summed E-state index contributed by atoms with van der Waals surface area (Å²) in [5.74, 6) is 1.64. The maximum absolute atomic E-state index is 11.6. The summed E-state index contributed by atoms with van der Waals surface area (Å²) in [5.41, 5.74) is 17.2. The highest BCUT2D eigenvalue weighted by Crippen LogP contribution is 2.62.